The zero-order chi connectivity index (χ0) is 14.0. The van der Waals surface area contributed by atoms with Crippen molar-refractivity contribution >= 4 is 17.7 Å². The molecule has 1 aliphatic heterocycles. The summed E-state index contributed by atoms with van der Waals surface area (Å²) in [5.74, 6) is 1.81. The van der Waals surface area contributed by atoms with Crippen LogP contribution in [0.3, 0.4) is 0 Å². The van der Waals surface area contributed by atoms with Gasteiger partial charge in [-0.1, -0.05) is 20.8 Å². The van der Waals surface area contributed by atoms with E-state index in [0.29, 0.717) is 12.2 Å². The number of rotatable bonds is 2. The minimum absolute atomic E-state index is 0.151. The average molecular weight is 279 g/mol. The minimum Gasteiger partial charge on any atom is -0.462 e. The second kappa shape index (κ2) is 5.53. The van der Waals surface area contributed by atoms with Crippen molar-refractivity contribution in [2.75, 3.05) is 12.4 Å². The molecule has 0 saturated carbocycles. The van der Waals surface area contributed by atoms with Crippen LogP contribution in [0.5, 0.6) is 0 Å². The second-order valence-corrected chi connectivity index (χ2v) is 6.87. The van der Waals surface area contributed by atoms with Crippen LogP contribution in [0.2, 0.25) is 0 Å². The fourth-order valence-corrected chi connectivity index (χ4v) is 3.17. The predicted octanol–water partition coefficient (Wildman–Crippen LogP) is 3.35. The Morgan fingerprint density at radius 2 is 2.21 bits per heavy atom. The maximum absolute atomic E-state index is 12.1. The normalized spacial score (nSPS) is 14.9. The van der Waals surface area contributed by atoms with E-state index < -0.39 is 0 Å². The van der Waals surface area contributed by atoms with Crippen LogP contribution in [0.4, 0.5) is 0 Å². The summed E-state index contributed by atoms with van der Waals surface area (Å²) < 4.78 is 5.17. The van der Waals surface area contributed by atoms with E-state index >= 15 is 0 Å². The number of nitrogens with zero attached hydrogens (tertiary/aromatic N) is 1. The third-order valence-electron chi connectivity index (χ3n) is 3.14. The van der Waals surface area contributed by atoms with E-state index in [1.165, 1.54) is 5.56 Å². The topological polar surface area (TPSA) is 39.2 Å². The summed E-state index contributed by atoms with van der Waals surface area (Å²) in [6.45, 7) is 8.48. The molecule has 0 spiro atoms. The van der Waals surface area contributed by atoms with Gasteiger partial charge in [0.15, 0.2) is 0 Å². The Bertz CT molecular complexity index is 492. The molecule has 0 aliphatic carbocycles. The maximum atomic E-state index is 12.1. The smallest absolute Gasteiger partial charge is 0.340 e. The Morgan fingerprint density at radius 3 is 2.84 bits per heavy atom. The van der Waals surface area contributed by atoms with Crippen molar-refractivity contribution in [1.82, 2.24) is 4.98 Å². The van der Waals surface area contributed by atoms with Gasteiger partial charge in [0.2, 0.25) is 0 Å². The van der Waals surface area contributed by atoms with E-state index in [1.807, 2.05) is 24.8 Å². The number of pyridine rings is 1. The Labute approximate surface area is 119 Å². The molecule has 0 amide bonds. The Kier molecular flexibility index (Phi) is 4.19. The van der Waals surface area contributed by atoms with Gasteiger partial charge in [-0.3, -0.25) is 4.98 Å². The van der Waals surface area contributed by atoms with Gasteiger partial charge in [-0.2, -0.15) is 11.8 Å². The number of hydrogen-bond acceptors (Lipinski definition) is 4. The lowest BCUT2D eigenvalue weighted by Gasteiger charge is -2.24. The van der Waals surface area contributed by atoms with Crippen LogP contribution in [-0.4, -0.2) is 23.3 Å². The van der Waals surface area contributed by atoms with Crippen molar-refractivity contribution in [1.29, 1.82) is 0 Å². The van der Waals surface area contributed by atoms with Crippen molar-refractivity contribution in [3.05, 3.63) is 28.6 Å². The molecule has 19 heavy (non-hydrogen) atoms. The molecule has 104 valence electrons. The van der Waals surface area contributed by atoms with Crippen molar-refractivity contribution in [2.24, 2.45) is 0 Å². The van der Waals surface area contributed by atoms with Crippen LogP contribution in [0, 0.1) is 0 Å². The summed E-state index contributed by atoms with van der Waals surface area (Å²) in [7, 11) is 0. The first-order valence-corrected chi connectivity index (χ1v) is 7.87. The van der Waals surface area contributed by atoms with Crippen LogP contribution >= 0.6 is 11.8 Å². The average Bonchev–Trinajstić information content (AvgIpc) is 2.36. The summed E-state index contributed by atoms with van der Waals surface area (Å²) in [6, 6.07) is 1.99. The highest BCUT2D eigenvalue weighted by atomic mass is 32.2. The number of fused-ring (bicyclic) bond motifs is 1. The van der Waals surface area contributed by atoms with Crippen molar-refractivity contribution < 1.29 is 9.53 Å². The molecule has 0 N–H and O–H groups in total. The first kappa shape index (κ1) is 14.4. The molecule has 1 aromatic rings. The highest BCUT2D eigenvalue weighted by molar-refractivity contribution is 7.98. The molecular weight excluding hydrogens is 258 g/mol. The summed E-state index contributed by atoms with van der Waals surface area (Å²) >= 11 is 1.89. The number of esters is 1. The minimum atomic E-state index is -0.252. The Hall–Kier alpha value is -1.03. The van der Waals surface area contributed by atoms with Gasteiger partial charge in [0.25, 0.3) is 0 Å². The van der Waals surface area contributed by atoms with Crippen LogP contribution < -0.4 is 0 Å². The fourth-order valence-electron chi connectivity index (χ4n) is 2.22. The van der Waals surface area contributed by atoms with Gasteiger partial charge in [0.1, 0.15) is 0 Å². The molecule has 0 saturated heterocycles. The number of hydrogen-bond donors (Lipinski definition) is 0. The summed E-state index contributed by atoms with van der Waals surface area (Å²) in [5, 5.41) is 0. The van der Waals surface area contributed by atoms with E-state index in [2.05, 4.69) is 20.8 Å². The molecule has 0 unspecified atom stereocenters. The van der Waals surface area contributed by atoms with Gasteiger partial charge in [-0.25, -0.2) is 4.79 Å². The quantitative estimate of drug-likeness (QED) is 0.778. The largest absolute Gasteiger partial charge is 0.462 e. The van der Waals surface area contributed by atoms with Crippen LogP contribution in [0.25, 0.3) is 0 Å². The number of thioether (sulfide) groups is 1. The first-order valence-electron chi connectivity index (χ1n) is 6.71. The lowest BCUT2D eigenvalue weighted by molar-refractivity contribution is 0.0522. The fraction of sp³-hybridized carbons (Fsp3) is 0.600. The molecule has 0 radical (unpaired) electrons. The molecule has 1 aromatic heterocycles. The summed E-state index contributed by atoms with van der Waals surface area (Å²) in [6.07, 6.45) is 0.992. The number of ether oxygens (including phenoxy) is 1. The monoisotopic (exact) mass is 279 g/mol. The Balaban J connectivity index is 2.52. The molecule has 3 nitrogen and oxygen atoms in total. The number of aryl methyl sites for hydroxylation is 1. The predicted molar refractivity (Wildman–Crippen MR) is 78.8 cm³/mol. The zero-order valence-corrected chi connectivity index (χ0v) is 12.9. The zero-order valence-electron chi connectivity index (χ0n) is 12.1. The molecule has 0 atom stereocenters. The molecule has 0 bridgehead atoms. The molecule has 1 aliphatic rings. The van der Waals surface area contributed by atoms with Crippen molar-refractivity contribution in [3.63, 3.8) is 0 Å². The molecule has 0 fully saturated rings. The van der Waals surface area contributed by atoms with Crippen molar-refractivity contribution in [2.45, 2.75) is 45.3 Å². The highest BCUT2D eigenvalue weighted by Gasteiger charge is 2.27. The number of aromatic nitrogens is 1. The Morgan fingerprint density at radius 1 is 1.47 bits per heavy atom. The van der Waals surface area contributed by atoms with E-state index in [-0.39, 0.29) is 11.4 Å². The first-order chi connectivity index (χ1) is 8.93. The molecule has 4 heteroatoms. The molecule has 0 aromatic carbocycles. The van der Waals surface area contributed by atoms with E-state index in [9.17, 15) is 4.79 Å². The summed E-state index contributed by atoms with van der Waals surface area (Å²) in [4.78, 5) is 16.9. The maximum Gasteiger partial charge on any atom is 0.340 e. The third-order valence-corrected chi connectivity index (χ3v) is 4.15. The van der Waals surface area contributed by atoms with Crippen molar-refractivity contribution in [3.8, 4) is 0 Å². The number of carbonyl (C=O) groups excluding carboxylic acids is 1. The SMILES string of the molecule is CCOC(=O)c1cc2c(nc1C(C)(C)C)CCSC2. The van der Waals surface area contributed by atoms with Gasteiger partial charge >= 0.3 is 5.97 Å². The van der Waals surface area contributed by atoms with Gasteiger partial charge in [0, 0.05) is 16.9 Å². The van der Waals surface area contributed by atoms with Gasteiger partial charge < -0.3 is 4.74 Å². The highest BCUT2D eigenvalue weighted by Crippen LogP contribution is 2.30. The van der Waals surface area contributed by atoms with Gasteiger partial charge in [-0.05, 0) is 30.7 Å². The standard InChI is InChI=1S/C15H21NO2S/c1-5-18-14(17)11-8-10-9-19-7-6-12(10)16-13(11)15(2,3)4/h8H,5-7,9H2,1-4H3. The second-order valence-electron chi connectivity index (χ2n) is 5.76. The number of carbonyl (C=O) groups is 1. The molecular formula is C15H21NO2S. The molecule has 2 heterocycles. The van der Waals surface area contributed by atoms with Gasteiger partial charge in [0.05, 0.1) is 17.9 Å². The lowest BCUT2D eigenvalue weighted by Crippen LogP contribution is -2.23. The van der Waals surface area contributed by atoms with Crippen LogP contribution in [0.1, 0.15) is 55.0 Å². The van der Waals surface area contributed by atoms with Gasteiger partial charge in [-0.15, -0.1) is 0 Å². The molecule has 2 rings (SSSR count). The summed E-state index contributed by atoms with van der Waals surface area (Å²) in [5.41, 5.74) is 3.68. The lowest BCUT2D eigenvalue weighted by atomic mass is 9.87. The van der Waals surface area contributed by atoms with Crippen LogP contribution in [0.15, 0.2) is 6.07 Å². The van der Waals surface area contributed by atoms with Crippen LogP contribution in [-0.2, 0) is 22.3 Å². The van der Waals surface area contributed by atoms with E-state index in [4.69, 9.17) is 9.72 Å². The van der Waals surface area contributed by atoms with E-state index in [1.54, 1.807) is 0 Å². The third kappa shape index (κ3) is 3.11. The van der Waals surface area contributed by atoms with E-state index in [0.717, 1.165) is 29.3 Å².